The largest absolute Gasteiger partial charge is 0.444 e. The normalized spacial score (nSPS) is 9.25. The summed E-state index contributed by atoms with van der Waals surface area (Å²) in [4.78, 5) is 11.4. The molecule has 0 N–H and O–H groups in total. The van der Waals surface area contributed by atoms with E-state index in [-0.39, 0.29) is 18.5 Å². The molecule has 0 atom stereocenters. The molecule has 16 heavy (non-hydrogen) atoms. The fourth-order valence-electron chi connectivity index (χ4n) is 1.25. The van der Waals surface area contributed by atoms with Gasteiger partial charge in [0.2, 0.25) is 0 Å². The summed E-state index contributed by atoms with van der Waals surface area (Å²) in [5.74, 6) is 0. The van der Waals surface area contributed by atoms with Crippen LogP contribution < -0.4 is 0 Å². The number of benzene rings is 1. The van der Waals surface area contributed by atoms with Crippen LogP contribution in [0.5, 0.6) is 0 Å². The summed E-state index contributed by atoms with van der Waals surface area (Å²) in [6.45, 7) is 0.303. The first-order chi connectivity index (χ1) is 7.36. The van der Waals surface area contributed by atoms with Gasteiger partial charge in [-0.1, -0.05) is 30.3 Å². The number of ether oxygens (including phenoxy) is 1. The van der Waals surface area contributed by atoms with Gasteiger partial charge < -0.3 is 4.74 Å². The minimum absolute atomic E-state index is 0. The van der Waals surface area contributed by atoms with E-state index in [9.17, 15) is 4.79 Å². The molecule has 0 fully saturated rings. The van der Waals surface area contributed by atoms with E-state index in [1.54, 1.807) is 24.5 Å². The van der Waals surface area contributed by atoms with Crippen molar-refractivity contribution in [2.45, 2.75) is 6.61 Å². The second-order valence-corrected chi connectivity index (χ2v) is 3.13. The molecule has 0 spiro atoms. The molecule has 0 radical (unpaired) electrons. The number of nitrogens with zero attached hydrogens (tertiary/aromatic N) is 1. The zero-order valence-electron chi connectivity index (χ0n) is 8.58. The third-order valence-corrected chi connectivity index (χ3v) is 2.02. The molecule has 0 saturated carbocycles. The lowest BCUT2D eigenvalue weighted by atomic mass is 10.2. The Morgan fingerprint density at radius 3 is 2.31 bits per heavy atom. The fraction of sp³-hybridized carbons (Fsp3) is 0.0833. The van der Waals surface area contributed by atoms with E-state index in [1.165, 1.54) is 4.57 Å². The van der Waals surface area contributed by atoms with Gasteiger partial charge in [0.05, 0.1) is 0 Å². The molecule has 0 amide bonds. The van der Waals surface area contributed by atoms with Crippen LogP contribution in [0.25, 0.3) is 0 Å². The number of hydrogen-bond donors (Lipinski definition) is 0. The monoisotopic (exact) mass is 237 g/mol. The van der Waals surface area contributed by atoms with E-state index in [0.29, 0.717) is 6.61 Å². The summed E-state index contributed by atoms with van der Waals surface area (Å²) < 4.78 is 6.50. The number of carbonyl (C=O) groups is 1. The van der Waals surface area contributed by atoms with Crippen LogP contribution in [-0.2, 0) is 11.3 Å². The molecule has 1 aromatic heterocycles. The average Bonchev–Trinajstić information content (AvgIpc) is 2.81. The number of halogens is 1. The second kappa shape index (κ2) is 5.98. The van der Waals surface area contributed by atoms with E-state index in [4.69, 9.17) is 4.74 Å². The molecule has 1 heterocycles. The molecular formula is C12H12ClNO2. The summed E-state index contributed by atoms with van der Waals surface area (Å²) >= 11 is 0. The van der Waals surface area contributed by atoms with Crippen molar-refractivity contribution >= 4 is 18.5 Å². The van der Waals surface area contributed by atoms with E-state index in [1.807, 2.05) is 30.3 Å². The Kier molecular flexibility index (Phi) is 4.61. The smallest absolute Gasteiger partial charge is 0.418 e. The molecule has 84 valence electrons. The van der Waals surface area contributed by atoms with Crippen molar-refractivity contribution in [1.29, 1.82) is 0 Å². The van der Waals surface area contributed by atoms with E-state index >= 15 is 0 Å². The first-order valence-corrected chi connectivity index (χ1v) is 4.70. The number of rotatable bonds is 2. The van der Waals surface area contributed by atoms with E-state index in [2.05, 4.69) is 0 Å². The predicted molar refractivity (Wildman–Crippen MR) is 63.7 cm³/mol. The quantitative estimate of drug-likeness (QED) is 0.804. The Bertz CT molecular complexity index is 426. The molecule has 0 aliphatic rings. The van der Waals surface area contributed by atoms with Gasteiger partial charge in [-0.05, 0) is 17.7 Å². The van der Waals surface area contributed by atoms with Gasteiger partial charge in [-0.3, -0.25) is 4.57 Å². The molecule has 1 aromatic carbocycles. The molecule has 0 aliphatic heterocycles. The van der Waals surface area contributed by atoms with Gasteiger partial charge in [0.25, 0.3) is 0 Å². The van der Waals surface area contributed by atoms with Crippen molar-refractivity contribution < 1.29 is 9.53 Å². The third-order valence-electron chi connectivity index (χ3n) is 2.02. The summed E-state index contributed by atoms with van der Waals surface area (Å²) in [7, 11) is 0. The zero-order valence-corrected chi connectivity index (χ0v) is 9.39. The minimum atomic E-state index is -0.358. The summed E-state index contributed by atoms with van der Waals surface area (Å²) in [6, 6.07) is 13.2. The average molecular weight is 238 g/mol. The van der Waals surface area contributed by atoms with Gasteiger partial charge in [0.1, 0.15) is 6.61 Å². The van der Waals surface area contributed by atoms with Gasteiger partial charge >= 0.3 is 6.09 Å². The van der Waals surface area contributed by atoms with Crippen LogP contribution in [0.2, 0.25) is 0 Å². The number of aromatic nitrogens is 1. The lowest BCUT2D eigenvalue weighted by Crippen LogP contribution is -2.11. The summed E-state index contributed by atoms with van der Waals surface area (Å²) in [6.07, 6.45) is 2.96. The molecule has 3 nitrogen and oxygen atoms in total. The molecule has 0 unspecified atom stereocenters. The van der Waals surface area contributed by atoms with Crippen LogP contribution >= 0.6 is 12.4 Å². The standard InChI is InChI=1S/C12H11NO2.ClH/c14-12(13-8-4-5-9-13)15-10-11-6-2-1-3-7-11;/h1-9H,10H2;1H. The van der Waals surface area contributed by atoms with Gasteiger partial charge in [0, 0.05) is 12.4 Å². The van der Waals surface area contributed by atoms with Crippen molar-refractivity contribution in [3.05, 3.63) is 60.4 Å². The van der Waals surface area contributed by atoms with Crippen LogP contribution in [0.1, 0.15) is 5.56 Å². The zero-order chi connectivity index (χ0) is 10.5. The predicted octanol–water partition coefficient (Wildman–Crippen LogP) is 3.09. The Hall–Kier alpha value is -1.74. The second-order valence-electron chi connectivity index (χ2n) is 3.13. The lowest BCUT2D eigenvalue weighted by Gasteiger charge is -2.04. The SMILES string of the molecule is Cl.O=C(OCc1ccccc1)n1cccc1. The highest BCUT2D eigenvalue weighted by Gasteiger charge is 2.03. The maximum absolute atomic E-state index is 11.4. The first kappa shape index (κ1) is 12.3. The van der Waals surface area contributed by atoms with Crippen molar-refractivity contribution in [3.63, 3.8) is 0 Å². The van der Waals surface area contributed by atoms with Crippen molar-refractivity contribution in [3.8, 4) is 0 Å². The highest BCUT2D eigenvalue weighted by molar-refractivity contribution is 5.85. The highest BCUT2D eigenvalue weighted by atomic mass is 35.5. The maximum atomic E-state index is 11.4. The molecule has 2 aromatic rings. The number of hydrogen-bond acceptors (Lipinski definition) is 2. The molecule has 0 bridgehead atoms. The Labute approximate surface area is 100 Å². The fourth-order valence-corrected chi connectivity index (χ4v) is 1.25. The Morgan fingerprint density at radius 2 is 1.69 bits per heavy atom. The number of carbonyl (C=O) groups excluding carboxylic acids is 1. The lowest BCUT2D eigenvalue weighted by molar-refractivity contribution is 0.141. The van der Waals surface area contributed by atoms with Crippen molar-refractivity contribution in [2.75, 3.05) is 0 Å². The third kappa shape index (κ3) is 3.14. The first-order valence-electron chi connectivity index (χ1n) is 4.70. The highest BCUT2D eigenvalue weighted by Crippen LogP contribution is 2.02. The van der Waals surface area contributed by atoms with Crippen molar-refractivity contribution in [1.82, 2.24) is 4.57 Å². The molecule has 0 saturated heterocycles. The minimum Gasteiger partial charge on any atom is -0.444 e. The summed E-state index contributed by atoms with van der Waals surface area (Å²) in [5.41, 5.74) is 0.984. The van der Waals surface area contributed by atoms with E-state index < -0.39 is 0 Å². The topological polar surface area (TPSA) is 31.2 Å². The van der Waals surface area contributed by atoms with Crippen LogP contribution in [0.4, 0.5) is 4.79 Å². The maximum Gasteiger partial charge on any atom is 0.418 e. The van der Waals surface area contributed by atoms with Crippen LogP contribution in [0, 0.1) is 0 Å². The van der Waals surface area contributed by atoms with Gasteiger partial charge in [-0.25, -0.2) is 4.79 Å². The van der Waals surface area contributed by atoms with Crippen molar-refractivity contribution in [2.24, 2.45) is 0 Å². The van der Waals surface area contributed by atoms with Gasteiger partial charge in [0.15, 0.2) is 0 Å². The molecule has 4 heteroatoms. The van der Waals surface area contributed by atoms with Crippen LogP contribution in [0.3, 0.4) is 0 Å². The van der Waals surface area contributed by atoms with Crippen LogP contribution in [-0.4, -0.2) is 10.7 Å². The molecular weight excluding hydrogens is 226 g/mol. The molecule has 0 aliphatic carbocycles. The Morgan fingerprint density at radius 1 is 1.06 bits per heavy atom. The van der Waals surface area contributed by atoms with E-state index in [0.717, 1.165) is 5.56 Å². The van der Waals surface area contributed by atoms with Gasteiger partial charge in [-0.15, -0.1) is 12.4 Å². The summed E-state index contributed by atoms with van der Waals surface area (Å²) in [5, 5.41) is 0. The Balaban J connectivity index is 0.00000128. The van der Waals surface area contributed by atoms with Crippen LogP contribution in [0.15, 0.2) is 54.9 Å². The van der Waals surface area contributed by atoms with Gasteiger partial charge in [-0.2, -0.15) is 0 Å². The molecule has 2 rings (SSSR count).